The molecule has 1 aliphatic heterocycles. The first-order valence-corrected chi connectivity index (χ1v) is 10.3. The predicted octanol–water partition coefficient (Wildman–Crippen LogP) is 3.99. The molecule has 0 atom stereocenters. The van der Waals surface area contributed by atoms with Gasteiger partial charge in [-0.25, -0.2) is 8.42 Å². The molecule has 1 saturated heterocycles. The zero-order valence-corrected chi connectivity index (χ0v) is 16.0. The number of benzene rings is 2. The number of carbonyl (C=O) groups excluding carboxylic acids is 1. The third-order valence-corrected chi connectivity index (χ3v) is 6.10. The van der Waals surface area contributed by atoms with Gasteiger partial charge < -0.3 is 4.90 Å². The molecule has 0 spiro atoms. The number of aryl methyl sites for hydroxylation is 1. The van der Waals surface area contributed by atoms with Crippen molar-refractivity contribution in [3.63, 3.8) is 0 Å². The van der Waals surface area contributed by atoms with Gasteiger partial charge in [-0.3, -0.25) is 9.52 Å². The number of rotatable bonds is 5. The highest BCUT2D eigenvalue weighted by Gasteiger charge is 2.18. The van der Waals surface area contributed by atoms with Crippen LogP contribution in [0.3, 0.4) is 0 Å². The molecule has 3 rings (SSSR count). The summed E-state index contributed by atoms with van der Waals surface area (Å²) in [6.45, 7) is 5.29. The fraction of sp³-hybridized carbons (Fsp3) is 0.350. The minimum atomic E-state index is -3.76. The van der Waals surface area contributed by atoms with Gasteiger partial charge in [0, 0.05) is 24.3 Å². The topological polar surface area (TPSA) is 66.5 Å². The number of nitrogens with zero attached hydrogens (tertiary/aromatic N) is 1. The third kappa shape index (κ3) is 4.07. The first-order valence-electron chi connectivity index (χ1n) is 8.86. The molecule has 0 aromatic heterocycles. The van der Waals surface area contributed by atoms with Crippen molar-refractivity contribution in [3.8, 4) is 0 Å². The van der Waals surface area contributed by atoms with Crippen molar-refractivity contribution in [2.45, 2.75) is 38.0 Å². The summed E-state index contributed by atoms with van der Waals surface area (Å²) in [6.07, 6.45) is 3.56. The molecular formula is C20H24N2O3S. The molecule has 2 aromatic rings. The highest BCUT2D eigenvalue weighted by molar-refractivity contribution is 7.92. The molecule has 0 saturated carbocycles. The second-order valence-corrected chi connectivity index (χ2v) is 8.42. The van der Waals surface area contributed by atoms with Gasteiger partial charge in [0.2, 0.25) is 0 Å². The maximum absolute atomic E-state index is 12.8. The number of piperidine rings is 1. The van der Waals surface area contributed by atoms with E-state index in [1.54, 1.807) is 12.1 Å². The fourth-order valence-corrected chi connectivity index (χ4v) is 4.32. The highest BCUT2D eigenvalue weighted by Crippen LogP contribution is 2.27. The molecule has 0 unspecified atom stereocenters. The van der Waals surface area contributed by atoms with Crippen molar-refractivity contribution in [1.29, 1.82) is 0 Å². The van der Waals surface area contributed by atoms with E-state index in [2.05, 4.69) is 9.62 Å². The molecule has 138 valence electrons. The minimum Gasteiger partial charge on any atom is -0.371 e. The lowest BCUT2D eigenvalue weighted by atomic mass is 10.1. The summed E-state index contributed by atoms with van der Waals surface area (Å²) in [4.78, 5) is 13.9. The zero-order valence-electron chi connectivity index (χ0n) is 15.2. The van der Waals surface area contributed by atoms with Crippen molar-refractivity contribution >= 4 is 27.2 Å². The molecule has 2 aromatic carbocycles. The molecule has 1 aliphatic rings. The van der Waals surface area contributed by atoms with Crippen molar-refractivity contribution in [2.75, 3.05) is 22.7 Å². The maximum atomic E-state index is 12.8. The normalized spacial score (nSPS) is 14.9. The van der Waals surface area contributed by atoms with Crippen molar-refractivity contribution in [1.82, 2.24) is 0 Å². The van der Waals surface area contributed by atoms with Crippen LogP contribution in [-0.4, -0.2) is 27.3 Å². The number of Topliss-reactive ketones (excluding diaryl/α,β-unsaturated/α-hetero) is 1. The average Bonchev–Trinajstić information content (AvgIpc) is 2.64. The Balaban J connectivity index is 1.89. The van der Waals surface area contributed by atoms with Gasteiger partial charge in [-0.1, -0.05) is 18.2 Å². The van der Waals surface area contributed by atoms with Crippen molar-refractivity contribution in [3.05, 3.63) is 53.6 Å². The number of nitrogens with one attached hydrogen (secondary N) is 1. The average molecular weight is 372 g/mol. The van der Waals surface area contributed by atoms with Crippen LogP contribution in [0.15, 0.2) is 47.4 Å². The Morgan fingerprint density at radius 1 is 1.04 bits per heavy atom. The van der Waals surface area contributed by atoms with Gasteiger partial charge in [0.05, 0.1) is 10.6 Å². The maximum Gasteiger partial charge on any atom is 0.261 e. The van der Waals surface area contributed by atoms with Crippen molar-refractivity contribution < 1.29 is 13.2 Å². The summed E-state index contributed by atoms with van der Waals surface area (Å²) in [5, 5.41) is 0. The lowest BCUT2D eigenvalue weighted by Gasteiger charge is -2.29. The summed E-state index contributed by atoms with van der Waals surface area (Å²) in [5.74, 6) is -0.162. The van der Waals surface area contributed by atoms with Crippen LogP contribution in [-0.2, 0) is 10.0 Å². The Morgan fingerprint density at radius 3 is 2.46 bits per heavy atom. The lowest BCUT2D eigenvalue weighted by Crippen LogP contribution is -2.29. The summed E-state index contributed by atoms with van der Waals surface area (Å²) in [6, 6.07) is 12.0. The molecule has 1 N–H and O–H groups in total. The number of carbonyl (C=O) groups is 1. The number of hydrogen-bond donors (Lipinski definition) is 1. The molecule has 0 aliphatic carbocycles. The largest absolute Gasteiger partial charge is 0.371 e. The Bertz CT molecular complexity index is 916. The number of sulfonamides is 1. The van der Waals surface area contributed by atoms with E-state index in [-0.39, 0.29) is 10.7 Å². The molecule has 26 heavy (non-hydrogen) atoms. The van der Waals surface area contributed by atoms with Gasteiger partial charge in [0.15, 0.2) is 5.78 Å². The smallest absolute Gasteiger partial charge is 0.261 e. The van der Waals surface area contributed by atoms with E-state index in [1.807, 2.05) is 25.1 Å². The summed E-state index contributed by atoms with van der Waals surface area (Å²) < 4.78 is 28.2. The van der Waals surface area contributed by atoms with Crippen LogP contribution >= 0.6 is 0 Å². The minimum absolute atomic E-state index is 0.0907. The first kappa shape index (κ1) is 18.5. The fourth-order valence-electron chi connectivity index (χ4n) is 3.15. The number of hydrogen-bond acceptors (Lipinski definition) is 4. The molecule has 0 amide bonds. The molecule has 6 heteroatoms. The van der Waals surface area contributed by atoms with Crippen LogP contribution in [0.4, 0.5) is 11.4 Å². The second kappa shape index (κ2) is 7.50. The van der Waals surface area contributed by atoms with Crippen LogP contribution < -0.4 is 9.62 Å². The van der Waals surface area contributed by atoms with Gasteiger partial charge in [-0.05, 0) is 62.9 Å². The first-order chi connectivity index (χ1) is 12.4. The van der Waals surface area contributed by atoms with Crippen molar-refractivity contribution in [2.24, 2.45) is 0 Å². The number of ketones is 1. The predicted molar refractivity (Wildman–Crippen MR) is 104 cm³/mol. The van der Waals surface area contributed by atoms with Crippen LogP contribution in [0, 0.1) is 6.92 Å². The summed E-state index contributed by atoms with van der Waals surface area (Å²) >= 11 is 0. The Hall–Kier alpha value is -2.34. The van der Waals surface area contributed by atoms with Crippen LogP contribution in [0.1, 0.15) is 42.1 Å². The molecule has 0 radical (unpaired) electrons. The van der Waals surface area contributed by atoms with Gasteiger partial charge in [0.1, 0.15) is 0 Å². The van der Waals surface area contributed by atoms with E-state index >= 15 is 0 Å². The van der Waals surface area contributed by atoms with Gasteiger partial charge >= 0.3 is 0 Å². The van der Waals surface area contributed by atoms with E-state index in [1.165, 1.54) is 25.5 Å². The second-order valence-electron chi connectivity index (χ2n) is 6.74. The Labute approximate surface area is 155 Å². The van der Waals surface area contributed by atoms with Crippen LogP contribution in [0.25, 0.3) is 0 Å². The zero-order chi connectivity index (χ0) is 18.7. The van der Waals surface area contributed by atoms with Gasteiger partial charge in [-0.15, -0.1) is 0 Å². The highest BCUT2D eigenvalue weighted by atomic mass is 32.2. The molecule has 0 bridgehead atoms. The molecule has 1 heterocycles. The third-order valence-electron chi connectivity index (χ3n) is 4.74. The molecular weight excluding hydrogens is 348 g/mol. The van der Waals surface area contributed by atoms with Gasteiger partial charge in [0.25, 0.3) is 10.0 Å². The van der Waals surface area contributed by atoms with E-state index in [0.29, 0.717) is 11.3 Å². The van der Waals surface area contributed by atoms with E-state index in [4.69, 9.17) is 0 Å². The molecule has 1 fully saturated rings. The summed E-state index contributed by atoms with van der Waals surface area (Å²) in [5.41, 5.74) is 2.84. The number of anilines is 2. The summed E-state index contributed by atoms with van der Waals surface area (Å²) in [7, 11) is -3.76. The van der Waals surface area contributed by atoms with Crippen LogP contribution in [0.5, 0.6) is 0 Å². The standard InChI is InChI=1S/C20H24N2O3S/c1-15-9-10-18(22-11-4-3-5-12-22)14-20(15)21-26(24,25)19-8-6-7-17(13-19)16(2)23/h6-10,13-14,21H,3-5,11-12H2,1-2H3. The quantitative estimate of drug-likeness (QED) is 0.806. The van der Waals surface area contributed by atoms with E-state index in [9.17, 15) is 13.2 Å². The Kier molecular flexibility index (Phi) is 5.32. The van der Waals surface area contributed by atoms with E-state index < -0.39 is 10.0 Å². The monoisotopic (exact) mass is 372 g/mol. The van der Waals surface area contributed by atoms with E-state index in [0.717, 1.165) is 37.2 Å². The Morgan fingerprint density at radius 2 is 1.77 bits per heavy atom. The van der Waals surface area contributed by atoms with Gasteiger partial charge in [-0.2, -0.15) is 0 Å². The SMILES string of the molecule is CC(=O)c1cccc(S(=O)(=O)Nc2cc(N3CCCCC3)ccc2C)c1. The van der Waals surface area contributed by atoms with Crippen LogP contribution in [0.2, 0.25) is 0 Å². The molecule has 5 nitrogen and oxygen atoms in total. The lowest BCUT2D eigenvalue weighted by molar-refractivity contribution is 0.101.